The number of methoxy groups -OCH3 is 1. The maximum absolute atomic E-state index is 5.60. The summed E-state index contributed by atoms with van der Waals surface area (Å²) in [4.78, 5) is 8.03. The number of hydrogen-bond donors (Lipinski definition) is 2. The Balaban J connectivity index is 2.06. The Morgan fingerprint density at radius 2 is 2.33 bits per heavy atom. The number of nitrogens with two attached hydrogens (primary N) is 1. The molecule has 1 saturated heterocycles. The standard InChI is InChI=1S/C11H18N4O3/c1-3-18-8-6-17-5-7(8)13-9-4-10(16-2)15-11(12)14-9/h4,7-8H,3,5-6H2,1-2H3,(H3,12,13,14,15)/t7-,8-/m0/s1. The Morgan fingerprint density at radius 3 is 3.06 bits per heavy atom. The highest BCUT2D eigenvalue weighted by Crippen LogP contribution is 2.19. The molecular formula is C11H18N4O3. The first-order chi connectivity index (χ1) is 8.72. The zero-order valence-electron chi connectivity index (χ0n) is 10.5. The highest BCUT2D eigenvalue weighted by Gasteiger charge is 2.29. The van der Waals surface area contributed by atoms with Crippen LogP contribution in [0.25, 0.3) is 0 Å². The van der Waals surface area contributed by atoms with Crippen molar-refractivity contribution in [3.8, 4) is 5.88 Å². The fourth-order valence-electron chi connectivity index (χ4n) is 1.86. The zero-order valence-corrected chi connectivity index (χ0v) is 10.5. The molecule has 2 rings (SSSR count). The van der Waals surface area contributed by atoms with E-state index in [0.717, 1.165) is 0 Å². The third kappa shape index (κ3) is 2.99. The first-order valence-electron chi connectivity index (χ1n) is 5.87. The maximum atomic E-state index is 5.60. The number of nitrogens with zero attached hydrogens (tertiary/aromatic N) is 2. The van der Waals surface area contributed by atoms with Gasteiger partial charge >= 0.3 is 0 Å². The Morgan fingerprint density at radius 1 is 1.50 bits per heavy atom. The minimum atomic E-state index is 0.0252. The summed E-state index contributed by atoms with van der Waals surface area (Å²) in [5, 5.41) is 3.23. The molecule has 1 aliphatic heterocycles. The van der Waals surface area contributed by atoms with Crippen LogP contribution < -0.4 is 15.8 Å². The van der Waals surface area contributed by atoms with Gasteiger partial charge in [-0.15, -0.1) is 0 Å². The van der Waals surface area contributed by atoms with Crippen molar-refractivity contribution in [2.75, 3.05) is 38.0 Å². The van der Waals surface area contributed by atoms with Crippen LogP contribution >= 0.6 is 0 Å². The predicted molar refractivity (Wildman–Crippen MR) is 66.6 cm³/mol. The summed E-state index contributed by atoms with van der Waals surface area (Å²) >= 11 is 0. The van der Waals surface area contributed by atoms with Crippen LogP contribution in [0.5, 0.6) is 5.88 Å². The average molecular weight is 254 g/mol. The molecule has 1 aliphatic rings. The molecule has 100 valence electrons. The smallest absolute Gasteiger partial charge is 0.225 e. The van der Waals surface area contributed by atoms with Crippen LogP contribution in [0.4, 0.5) is 11.8 Å². The van der Waals surface area contributed by atoms with Gasteiger partial charge in [0.25, 0.3) is 0 Å². The fourth-order valence-corrected chi connectivity index (χ4v) is 1.86. The quantitative estimate of drug-likeness (QED) is 0.779. The summed E-state index contributed by atoms with van der Waals surface area (Å²) in [7, 11) is 1.53. The van der Waals surface area contributed by atoms with Crippen LogP contribution in [0, 0.1) is 0 Å². The molecule has 0 spiro atoms. The summed E-state index contributed by atoms with van der Waals surface area (Å²) in [6, 6.07) is 1.75. The first-order valence-corrected chi connectivity index (χ1v) is 5.87. The van der Waals surface area contributed by atoms with Crippen LogP contribution in [-0.4, -0.2) is 49.0 Å². The van der Waals surface area contributed by atoms with E-state index in [9.17, 15) is 0 Å². The summed E-state index contributed by atoms with van der Waals surface area (Å²) < 4.78 is 16.0. The van der Waals surface area contributed by atoms with E-state index in [1.807, 2.05) is 6.92 Å². The van der Waals surface area contributed by atoms with Crippen molar-refractivity contribution in [2.24, 2.45) is 0 Å². The number of rotatable bonds is 5. The molecule has 0 saturated carbocycles. The van der Waals surface area contributed by atoms with Crippen LogP contribution in [0.2, 0.25) is 0 Å². The third-order valence-electron chi connectivity index (χ3n) is 2.67. The molecule has 3 N–H and O–H groups in total. The lowest BCUT2D eigenvalue weighted by Crippen LogP contribution is -2.34. The highest BCUT2D eigenvalue weighted by atomic mass is 16.5. The number of hydrogen-bond acceptors (Lipinski definition) is 7. The van der Waals surface area contributed by atoms with Crippen LogP contribution in [0.3, 0.4) is 0 Å². The van der Waals surface area contributed by atoms with E-state index >= 15 is 0 Å². The van der Waals surface area contributed by atoms with E-state index in [0.29, 0.717) is 31.5 Å². The Kier molecular flexibility index (Phi) is 4.16. The van der Waals surface area contributed by atoms with Crippen molar-refractivity contribution in [1.82, 2.24) is 9.97 Å². The SMILES string of the molecule is CCO[C@H]1COC[C@@H]1Nc1cc(OC)nc(N)n1. The molecule has 1 aromatic rings. The Bertz CT molecular complexity index is 402. The Hall–Kier alpha value is -1.60. The van der Waals surface area contributed by atoms with Crippen LogP contribution in [0.15, 0.2) is 6.07 Å². The van der Waals surface area contributed by atoms with Gasteiger partial charge in [0.05, 0.1) is 26.4 Å². The molecule has 0 aromatic carbocycles. The molecule has 2 atom stereocenters. The molecule has 0 aliphatic carbocycles. The normalized spacial score (nSPS) is 23.0. The minimum Gasteiger partial charge on any atom is -0.481 e. The molecule has 0 amide bonds. The predicted octanol–water partition coefficient (Wildman–Crippen LogP) is 0.283. The topological polar surface area (TPSA) is 91.5 Å². The second-order valence-electron chi connectivity index (χ2n) is 3.94. The van der Waals surface area contributed by atoms with Gasteiger partial charge < -0.3 is 25.3 Å². The van der Waals surface area contributed by atoms with Gasteiger partial charge in [0.2, 0.25) is 11.8 Å². The zero-order chi connectivity index (χ0) is 13.0. The molecule has 7 heteroatoms. The van der Waals surface area contributed by atoms with Gasteiger partial charge in [-0.05, 0) is 6.92 Å². The van der Waals surface area contributed by atoms with Crippen molar-refractivity contribution < 1.29 is 14.2 Å². The molecule has 7 nitrogen and oxygen atoms in total. The van der Waals surface area contributed by atoms with Gasteiger partial charge in [0, 0.05) is 12.7 Å². The van der Waals surface area contributed by atoms with Crippen LogP contribution in [0.1, 0.15) is 6.92 Å². The monoisotopic (exact) mass is 254 g/mol. The van der Waals surface area contributed by atoms with E-state index in [1.54, 1.807) is 6.07 Å². The van der Waals surface area contributed by atoms with E-state index in [1.165, 1.54) is 7.11 Å². The van der Waals surface area contributed by atoms with Crippen molar-refractivity contribution in [3.05, 3.63) is 6.07 Å². The molecule has 0 unspecified atom stereocenters. The van der Waals surface area contributed by atoms with Crippen LogP contribution in [-0.2, 0) is 9.47 Å². The third-order valence-corrected chi connectivity index (χ3v) is 2.67. The largest absolute Gasteiger partial charge is 0.481 e. The lowest BCUT2D eigenvalue weighted by atomic mass is 10.2. The van der Waals surface area contributed by atoms with E-state index in [2.05, 4.69) is 15.3 Å². The molecule has 0 radical (unpaired) electrons. The number of nitrogen functional groups attached to an aromatic ring is 1. The summed E-state index contributed by atoms with van der Waals surface area (Å²) in [6.45, 7) is 3.78. The second kappa shape index (κ2) is 5.83. The van der Waals surface area contributed by atoms with Crippen molar-refractivity contribution >= 4 is 11.8 Å². The van der Waals surface area contributed by atoms with Gasteiger partial charge in [-0.3, -0.25) is 0 Å². The summed E-state index contributed by atoms with van der Waals surface area (Å²) in [6.07, 6.45) is 0.0252. The molecule has 0 bridgehead atoms. The van der Waals surface area contributed by atoms with Gasteiger partial charge in [-0.25, -0.2) is 0 Å². The first kappa shape index (κ1) is 12.8. The van der Waals surface area contributed by atoms with Crippen molar-refractivity contribution in [3.63, 3.8) is 0 Å². The van der Waals surface area contributed by atoms with Crippen molar-refractivity contribution in [1.29, 1.82) is 0 Å². The number of nitrogens with one attached hydrogen (secondary N) is 1. The van der Waals surface area contributed by atoms with Gasteiger partial charge in [0.1, 0.15) is 11.9 Å². The molecule has 18 heavy (non-hydrogen) atoms. The summed E-state index contributed by atoms with van der Waals surface area (Å²) in [5.41, 5.74) is 5.60. The number of anilines is 2. The molecule has 2 heterocycles. The van der Waals surface area contributed by atoms with Gasteiger partial charge in [0.15, 0.2) is 0 Å². The fraction of sp³-hybridized carbons (Fsp3) is 0.636. The lowest BCUT2D eigenvalue weighted by Gasteiger charge is -2.19. The Labute approximate surface area is 106 Å². The van der Waals surface area contributed by atoms with E-state index < -0.39 is 0 Å². The van der Waals surface area contributed by atoms with Gasteiger partial charge in [-0.2, -0.15) is 9.97 Å². The summed E-state index contributed by atoms with van der Waals surface area (Å²) in [5.74, 6) is 1.21. The lowest BCUT2D eigenvalue weighted by molar-refractivity contribution is 0.0478. The number of ether oxygens (including phenoxy) is 3. The molecule has 1 fully saturated rings. The van der Waals surface area contributed by atoms with E-state index in [4.69, 9.17) is 19.9 Å². The van der Waals surface area contributed by atoms with Gasteiger partial charge in [-0.1, -0.05) is 0 Å². The molecule has 1 aromatic heterocycles. The minimum absolute atomic E-state index is 0.0252. The second-order valence-corrected chi connectivity index (χ2v) is 3.94. The maximum Gasteiger partial charge on any atom is 0.225 e. The van der Waals surface area contributed by atoms with E-state index in [-0.39, 0.29) is 18.1 Å². The number of aromatic nitrogens is 2. The average Bonchev–Trinajstić information content (AvgIpc) is 2.76. The molecular weight excluding hydrogens is 236 g/mol. The van der Waals surface area contributed by atoms with Crippen molar-refractivity contribution in [2.45, 2.75) is 19.1 Å². The highest BCUT2D eigenvalue weighted by molar-refractivity contribution is 5.44.